The van der Waals surface area contributed by atoms with E-state index in [2.05, 4.69) is 15.3 Å². The van der Waals surface area contributed by atoms with Crippen LogP contribution in [0.5, 0.6) is 23.0 Å². The van der Waals surface area contributed by atoms with E-state index >= 15 is 0 Å². The van der Waals surface area contributed by atoms with Gasteiger partial charge in [0.2, 0.25) is 11.5 Å². The number of nitrogens with zero attached hydrogens (tertiary/aromatic N) is 3. The molecule has 2 aliphatic heterocycles. The van der Waals surface area contributed by atoms with Crippen molar-refractivity contribution in [3.63, 3.8) is 0 Å². The molecule has 2 unspecified atom stereocenters. The molecule has 2 atom stereocenters. The Balaban J connectivity index is 1.78. The van der Waals surface area contributed by atoms with Crippen molar-refractivity contribution in [2.24, 2.45) is 0 Å². The Morgan fingerprint density at radius 1 is 1.06 bits per heavy atom. The SMILES string of the molecule is CN1C2CCCC1CC(O)(NC(=O)c1nn(C(C)(O)O)c3c(O)c(O)c(O)c(O)c13)C2. The maximum atomic E-state index is 13.1. The molecule has 170 valence electrons. The van der Waals surface area contributed by atoms with Crippen LogP contribution in [0, 0.1) is 0 Å². The number of nitrogens with one attached hydrogen (secondary N) is 1. The standard InChI is InChI=1S/C19H26N4O8/c1-18(29,30)23-12-10(13(24)15(26)16(27)14(12)25)11(21-23)17(28)20-19(31)6-8-4-3-5-9(7-19)22(8)2/h8-9,24-27,29-31H,3-7H2,1-2H3,(H,20,28). The predicted octanol–water partition coefficient (Wildman–Crippen LogP) is -0.461. The minimum atomic E-state index is -2.73. The van der Waals surface area contributed by atoms with Crippen molar-refractivity contribution in [2.75, 3.05) is 7.05 Å². The van der Waals surface area contributed by atoms with Crippen molar-refractivity contribution in [3.05, 3.63) is 5.69 Å². The molecule has 0 aliphatic carbocycles. The monoisotopic (exact) mass is 438 g/mol. The van der Waals surface area contributed by atoms with Crippen LogP contribution in [0.25, 0.3) is 10.9 Å². The maximum absolute atomic E-state index is 13.1. The quantitative estimate of drug-likeness (QED) is 0.177. The van der Waals surface area contributed by atoms with Gasteiger partial charge >= 0.3 is 0 Å². The molecular formula is C19H26N4O8. The molecule has 31 heavy (non-hydrogen) atoms. The Morgan fingerprint density at radius 2 is 1.61 bits per heavy atom. The first-order chi connectivity index (χ1) is 14.3. The molecule has 0 radical (unpaired) electrons. The topological polar surface area (TPSA) is 192 Å². The van der Waals surface area contributed by atoms with Crippen LogP contribution in [0.15, 0.2) is 0 Å². The number of benzene rings is 1. The van der Waals surface area contributed by atoms with Crippen LogP contribution < -0.4 is 5.32 Å². The van der Waals surface area contributed by atoms with Gasteiger partial charge in [0.05, 0.1) is 5.39 Å². The van der Waals surface area contributed by atoms with E-state index in [0.29, 0.717) is 4.68 Å². The highest BCUT2D eigenvalue weighted by molar-refractivity contribution is 6.10. The van der Waals surface area contributed by atoms with Crippen LogP contribution in [0.1, 0.15) is 49.5 Å². The van der Waals surface area contributed by atoms with Crippen LogP contribution in [0.3, 0.4) is 0 Å². The van der Waals surface area contributed by atoms with Gasteiger partial charge in [-0.05, 0) is 19.9 Å². The van der Waals surface area contributed by atoms with Gasteiger partial charge in [-0.1, -0.05) is 6.42 Å². The van der Waals surface area contributed by atoms with Crippen molar-refractivity contribution >= 4 is 16.8 Å². The van der Waals surface area contributed by atoms with Crippen molar-refractivity contribution in [3.8, 4) is 23.0 Å². The number of hydrogen-bond acceptors (Lipinski definition) is 10. The Hall–Kier alpha value is -2.80. The van der Waals surface area contributed by atoms with E-state index < -0.39 is 57.1 Å². The summed E-state index contributed by atoms with van der Waals surface area (Å²) in [5, 5.41) is 77.2. The van der Waals surface area contributed by atoms with E-state index in [0.717, 1.165) is 26.2 Å². The third-order valence-electron chi connectivity index (χ3n) is 6.36. The van der Waals surface area contributed by atoms with E-state index in [9.17, 15) is 40.5 Å². The fourth-order valence-electron chi connectivity index (χ4n) is 4.80. The fourth-order valence-corrected chi connectivity index (χ4v) is 4.80. The lowest BCUT2D eigenvalue weighted by atomic mass is 9.80. The van der Waals surface area contributed by atoms with Crippen molar-refractivity contribution in [2.45, 2.75) is 62.7 Å². The molecule has 8 N–H and O–H groups in total. The number of piperidine rings is 2. The summed E-state index contributed by atoms with van der Waals surface area (Å²) < 4.78 is 0.416. The molecular weight excluding hydrogens is 412 g/mol. The lowest BCUT2D eigenvalue weighted by Gasteiger charge is -2.50. The first-order valence-electron chi connectivity index (χ1n) is 9.94. The fraction of sp³-hybridized carbons (Fsp3) is 0.579. The van der Waals surface area contributed by atoms with Crippen LogP contribution in [-0.2, 0) is 5.91 Å². The zero-order valence-electron chi connectivity index (χ0n) is 17.1. The highest BCUT2D eigenvalue weighted by atomic mass is 16.5. The largest absolute Gasteiger partial charge is 0.504 e. The Morgan fingerprint density at radius 3 is 2.16 bits per heavy atom. The number of rotatable bonds is 3. The van der Waals surface area contributed by atoms with E-state index in [1.54, 1.807) is 0 Å². The number of aromatic nitrogens is 2. The van der Waals surface area contributed by atoms with E-state index in [-0.39, 0.29) is 24.9 Å². The van der Waals surface area contributed by atoms with Gasteiger partial charge in [0.25, 0.3) is 11.8 Å². The van der Waals surface area contributed by atoms with Gasteiger partial charge in [-0.25, -0.2) is 4.68 Å². The minimum Gasteiger partial charge on any atom is -0.504 e. The lowest BCUT2D eigenvalue weighted by molar-refractivity contribution is -0.217. The second kappa shape index (κ2) is 6.85. The summed E-state index contributed by atoms with van der Waals surface area (Å²) in [5.41, 5.74) is -2.73. The third-order valence-corrected chi connectivity index (χ3v) is 6.36. The summed E-state index contributed by atoms with van der Waals surface area (Å²) in [4.78, 5) is 15.3. The highest BCUT2D eigenvalue weighted by Crippen LogP contribution is 2.50. The molecule has 2 bridgehead atoms. The number of phenols is 4. The molecule has 2 aliphatic rings. The van der Waals surface area contributed by atoms with Gasteiger partial charge in [0, 0.05) is 31.8 Å². The molecule has 2 saturated heterocycles. The second-order valence-electron chi connectivity index (χ2n) is 8.65. The summed E-state index contributed by atoms with van der Waals surface area (Å²) in [6, 6.07) is 0.146. The van der Waals surface area contributed by atoms with Gasteiger partial charge in [0.15, 0.2) is 17.2 Å². The van der Waals surface area contributed by atoms with E-state index in [1.807, 2.05) is 7.05 Å². The molecule has 2 aromatic rings. The van der Waals surface area contributed by atoms with Gasteiger partial charge in [-0.15, -0.1) is 0 Å². The number of aromatic hydroxyl groups is 4. The summed E-state index contributed by atoms with van der Waals surface area (Å²) in [6.45, 7) is 0.882. The zero-order chi connectivity index (χ0) is 22.9. The average Bonchev–Trinajstić information content (AvgIpc) is 3.07. The second-order valence-corrected chi connectivity index (χ2v) is 8.65. The number of carbonyl (C=O) groups excluding carboxylic acids is 1. The molecule has 2 fully saturated rings. The first-order valence-corrected chi connectivity index (χ1v) is 9.94. The number of aliphatic hydroxyl groups is 3. The summed E-state index contributed by atoms with van der Waals surface area (Å²) in [5.74, 6) is -7.92. The molecule has 12 heteroatoms. The smallest absolute Gasteiger partial charge is 0.274 e. The summed E-state index contributed by atoms with van der Waals surface area (Å²) in [6.07, 6.45) is 3.31. The zero-order valence-corrected chi connectivity index (χ0v) is 17.1. The molecule has 0 saturated carbocycles. The molecule has 1 aromatic heterocycles. The Kier molecular flexibility index (Phi) is 4.74. The number of hydrogen-bond donors (Lipinski definition) is 8. The van der Waals surface area contributed by atoms with E-state index in [1.165, 1.54) is 0 Å². The van der Waals surface area contributed by atoms with E-state index in [4.69, 9.17) is 0 Å². The number of phenolic OH excluding ortho intramolecular Hbond substituents is 4. The number of carbonyl (C=O) groups is 1. The maximum Gasteiger partial charge on any atom is 0.274 e. The van der Waals surface area contributed by atoms with Crippen LogP contribution in [0.4, 0.5) is 0 Å². The normalized spacial score (nSPS) is 26.9. The third kappa shape index (κ3) is 3.31. The molecule has 0 spiro atoms. The Bertz CT molecular complexity index is 1050. The molecule has 1 aromatic carbocycles. The number of amides is 1. The van der Waals surface area contributed by atoms with Gasteiger partial charge in [-0.3, -0.25) is 4.79 Å². The van der Waals surface area contributed by atoms with Crippen molar-refractivity contribution in [1.82, 2.24) is 20.0 Å². The number of fused-ring (bicyclic) bond motifs is 3. The summed E-state index contributed by atoms with van der Waals surface area (Å²) in [7, 11) is 1.98. The first kappa shape index (κ1) is 21.4. The summed E-state index contributed by atoms with van der Waals surface area (Å²) >= 11 is 0. The van der Waals surface area contributed by atoms with Crippen LogP contribution in [0.2, 0.25) is 0 Å². The van der Waals surface area contributed by atoms with Crippen molar-refractivity contribution < 1.29 is 40.5 Å². The lowest BCUT2D eigenvalue weighted by Crippen LogP contribution is -2.62. The molecule has 3 heterocycles. The van der Waals surface area contributed by atoms with Gasteiger partial charge in [0.1, 0.15) is 11.2 Å². The Labute approximate surface area is 176 Å². The minimum absolute atomic E-state index is 0.0729. The average molecular weight is 438 g/mol. The molecule has 12 nitrogen and oxygen atoms in total. The predicted molar refractivity (Wildman–Crippen MR) is 105 cm³/mol. The highest BCUT2D eigenvalue weighted by Gasteiger charge is 2.45. The molecule has 1 amide bonds. The van der Waals surface area contributed by atoms with Gasteiger partial charge in [-0.2, -0.15) is 5.10 Å². The molecule has 4 rings (SSSR count). The van der Waals surface area contributed by atoms with Crippen molar-refractivity contribution in [1.29, 1.82) is 0 Å². The van der Waals surface area contributed by atoms with Gasteiger partial charge < -0.3 is 46.0 Å². The van der Waals surface area contributed by atoms with Crippen LogP contribution >= 0.6 is 0 Å². The van der Waals surface area contributed by atoms with Crippen LogP contribution in [-0.4, -0.2) is 81.2 Å².